The van der Waals surface area contributed by atoms with E-state index >= 15 is 0 Å². The number of carbonyl (C=O) groups is 1. The first-order valence-electron chi connectivity index (χ1n) is 9.70. The third-order valence-corrected chi connectivity index (χ3v) is 5.63. The number of nitrogens with zero attached hydrogens (tertiary/aromatic N) is 3. The SMILES string of the molecule is Cc1cc([C@H]2CCCN2C(=O)[C@@H]2CCCN(Cc3ccccc3)C2)no1. The van der Waals surface area contributed by atoms with Crippen LogP contribution in [0.4, 0.5) is 0 Å². The molecule has 2 aliphatic heterocycles. The molecular formula is C21H27N3O2. The smallest absolute Gasteiger partial charge is 0.227 e. The van der Waals surface area contributed by atoms with Crippen LogP contribution in [0.25, 0.3) is 0 Å². The lowest BCUT2D eigenvalue weighted by molar-refractivity contribution is -0.138. The van der Waals surface area contributed by atoms with Crippen molar-refractivity contribution in [3.8, 4) is 0 Å². The fraction of sp³-hybridized carbons (Fsp3) is 0.524. The first-order chi connectivity index (χ1) is 12.7. The molecule has 0 saturated carbocycles. The summed E-state index contributed by atoms with van der Waals surface area (Å²) >= 11 is 0. The van der Waals surface area contributed by atoms with E-state index in [2.05, 4.69) is 34.3 Å². The van der Waals surface area contributed by atoms with Crippen LogP contribution in [-0.2, 0) is 11.3 Å². The van der Waals surface area contributed by atoms with Gasteiger partial charge in [0.15, 0.2) is 0 Å². The molecule has 2 aliphatic rings. The Labute approximate surface area is 155 Å². The Morgan fingerprint density at radius 1 is 1.19 bits per heavy atom. The van der Waals surface area contributed by atoms with Crippen molar-refractivity contribution in [3.05, 3.63) is 53.4 Å². The molecule has 2 saturated heterocycles. The van der Waals surface area contributed by atoms with E-state index in [4.69, 9.17) is 4.52 Å². The van der Waals surface area contributed by atoms with Crippen LogP contribution < -0.4 is 0 Å². The van der Waals surface area contributed by atoms with Crippen molar-refractivity contribution in [1.82, 2.24) is 15.0 Å². The van der Waals surface area contributed by atoms with Gasteiger partial charge in [-0.2, -0.15) is 0 Å². The van der Waals surface area contributed by atoms with Crippen LogP contribution >= 0.6 is 0 Å². The summed E-state index contributed by atoms with van der Waals surface area (Å²) in [5.74, 6) is 1.21. The lowest BCUT2D eigenvalue weighted by atomic mass is 9.95. The number of likely N-dealkylation sites (tertiary alicyclic amines) is 2. The number of hydrogen-bond donors (Lipinski definition) is 0. The van der Waals surface area contributed by atoms with Crippen LogP contribution in [0.3, 0.4) is 0 Å². The van der Waals surface area contributed by atoms with E-state index in [1.807, 2.05) is 24.0 Å². The maximum absolute atomic E-state index is 13.2. The number of piperidine rings is 1. The number of aromatic nitrogens is 1. The van der Waals surface area contributed by atoms with Crippen LogP contribution in [0.1, 0.15) is 48.7 Å². The zero-order chi connectivity index (χ0) is 17.9. The molecule has 1 amide bonds. The molecule has 1 aromatic carbocycles. The Bertz CT molecular complexity index is 743. The molecule has 5 nitrogen and oxygen atoms in total. The second-order valence-corrected chi connectivity index (χ2v) is 7.61. The van der Waals surface area contributed by atoms with Gasteiger partial charge in [-0.25, -0.2) is 0 Å². The Morgan fingerprint density at radius 3 is 2.77 bits per heavy atom. The van der Waals surface area contributed by atoms with E-state index in [1.165, 1.54) is 5.56 Å². The number of carbonyl (C=O) groups excluding carboxylic acids is 1. The average Bonchev–Trinajstić information content (AvgIpc) is 3.31. The van der Waals surface area contributed by atoms with E-state index in [-0.39, 0.29) is 12.0 Å². The fourth-order valence-corrected chi connectivity index (χ4v) is 4.36. The van der Waals surface area contributed by atoms with Gasteiger partial charge in [0.05, 0.1) is 12.0 Å². The molecular weight excluding hydrogens is 326 g/mol. The lowest BCUT2D eigenvalue weighted by Gasteiger charge is -2.35. The van der Waals surface area contributed by atoms with E-state index < -0.39 is 0 Å². The molecule has 2 aromatic rings. The molecule has 2 atom stereocenters. The first kappa shape index (κ1) is 17.3. The monoisotopic (exact) mass is 353 g/mol. The van der Waals surface area contributed by atoms with Crippen molar-refractivity contribution in [2.24, 2.45) is 5.92 Å². The summed E-state index contributed by atoms with van der Waals surface area (Å²) in [5.41, 5.74) is 2.23. The highest BCUT2D eigenvalue weighted by Crippen LogP contribution is 2.34. The highest BCUT2D eigenvalue weighted by atomic mass is 16.5. The van der Waals surface area contributed by atoms with Gasteiger partial charge in [0.1, 0.15) is 11.5 Å². The molecule has 0 unspecified atom stereocenters. The maximum atomic E-state index is 13.2. The van der Waals surface area contributed by atoms with Crippen molar-refractivity contribution in [2.75, 3.05) is 19.6 Å². The second-order valence-electron chi connectivity index (χ2n) is 7.61. The second kappa shape index (κ2) is 7.62. The van der Waals surface area contributed by atoms with Crippen molar-refractivity contribution in [3.63, 3.8) is 0 Å². The topological polar surface area (TPSA) is 49.6 Å². The van der Waals surface area contributed by atoms with Gasteiger partial charge in [0.2, 0.25) is 5.91 Å². The van der Waals surface area contributed by atoms with E-state index in [9.17, 15) is 4.79 Å². The van der Waals surface area contributed by atoms with Crippen LogP contribution in [0.15, 0.2) is 40.9 Å². The summed E-state index contributed by atoms with van der Waals surface area (Å²) in [6, 6.07) is 12.6. The summed E-state index contributed by atoms with van der Waals surface area (Å²) in [6.07, 6.45) is 4.11. The number of rotatable bonds is 4. The van der Waals surface area contributed by atoms with Gasteiger partial charge >= 0.3 is 0 Å². The number of aryl methyl sites for hydroxylation is 1. The molecule has 0 spiro atoms. The van der Waals surface area contributed by atoms with Crippen LogP contribution in [0, 0.1) is 12.8 Å². The molecule has 1 aromatic heterocycles. The van der Waals surface area contributed by atoms with E-state index in [0.29, 0.717) is 5.91 Å². The third-order valence-electron chi connectivity index (χ3n) is 5.63. The Morgan fingerprint density at radius 2 is 2.00 bits per heavy atom. The van der Waals surface area contributed by atoms with Gasteiger partial charge in [-0.3, -0.25) is 9.69 Å². The van der Waals surface area contributed by atoms with E-state index in [1.54, 1.807) is 0 Å². The summed E-state index contributed by atoms with van der Waals surface area (Å²) in [6.45, 7) is 5.60. The van der Waals surface area contributed by atoms with Crippen LogP contribution in [0.5, 0.6) is 0 Å². The minimum atomic E-state index is 0.0875. The number of benzene rings is 1. The quantitative estimate of drug-likeness (QED) is 0.843. The molecule has 0 bridgehead atoms. The predicted octanol–water partition coefficient (Wildman–Crippen LogP) is 3.56. The summed E-state index contributed by atoms with van der Waals surface area (Å²) in [5, 5.41) is 4.17. The standard InChI is InChI=1S/C21H27N3O2/c1-16-13-19(22-26-16)20-10-6-12-24(20)21(25)18-9-5-11-23(15-18)14-17-7-3-2-4-8-17/h2-4,7-8,13,18,20H,5-6,9-12,14-15H2,1H3/t18-,20-/m1/s1. The number of amides is 1. The molecule has 138 valence electrons. The largest absolute Gasteiger partial charge is 0.361 e. The van der Waals surface area contributed by atoms with Gasteiger partial charge in [-0.05, 0) is 44.7 Å². The summed E-state index contributed by atoms with van der Waals surface area (Å²) in [4.78, 5) is 17.7. The van der Waals surface area contributed by atoms with Crippen molar-refractivity contribution < 1.29 is 9.32 Å². The molecule has 4 rings (SSSR count). The zero-order valence-corrected chi connectivity index (χ0v) is 15.4. The van der Waals surface area contributed by atoms with Gasteiger partial charge < -0.3 is 9.42 Å². The first-order valence-corrected chi connectivity index (χ1v) is 9.70. The highest BCUT2D eigenvalue weighted by Gasteiger charge is 2.37. The highest BCUT2D eigenvalue weighted by molar-refractivity contribution is 5.80. The minimum Gasteiger partial charge on any atom is -0.361 e. The lowest BCUT2D eigenvalue weighted by Crippen LogP contribution is -2.44. The molecule has 26 heavy (non-hydrogen) atoms. The minimum absolute atomic E-state index is 0.0875. The molecule has 5 heteroatoms. The van der Waals surface area contributed by atoms with Gasteiger partial charge in [-0.15, -0.1) is 0 Å². The Hall–Kier alpha value is -2.14. The van der Waals surface area contributed by atoms with Crippen molar-refractivity contribution in [2.45, 2.75) is 45.2 Å². The molecule has 3 heterocycles. The average molecular weight is 353 g/mol. The molecule has 0 N–H and O–H groups in total. The summed E-state index contributed by atoms with van der Waals surface area (Å²) < 4.78 is 5.24. The van der Waals surface area contributed by atoms with Crippen LogP contribution in [0.2, 0.25) is 0 Å². The van der Waals surface area contributed by atoms with Crippen molar-refractivity contribution >= 4 is 5.91 Å². The van der Waals surface area contributed by atoms with Crippen molar-refractivity contribution in [1.29, 1.82) is 0 Å². The molecule has 0 radical (unpaired) electrons. The van der Waals surface area contributed by atoms with E-state index in [0.717, 1.165) is 63.3 Å². The fourth-order valence-electron chi connectivity index (χ4n) is 4.36. The van der Waals surface area contributed by atoms with Gasteiger partial charge in [-0.1, -0.05) is 35.5 Å². The summed E-state index contributed by atoms with van der Waals surface area (Å²) in [7, 11) is 0. The maximum Gasteiger partial charge on any atom is 0.227 e. The molecule has 0 aliphatic carbocycles. The third kappa shape index (κ3) is 3.68. The molecule has 2 fully saturated rings. The predicted molar refractivity (Wildman–Crippen MR) is 99.4 cm³/mol. The Kier molecular flexibility index (Phi) is 5.07. The van der Waals surface area contributed by atoms with Crippen LogP contribution in [-0.4, -0.2) is 40.5 Å². The normalized spacial score (nSPS) is 24.1. The Balaban J connectivity index is 1.42. The van der Waals surface area contributed by atoms with Gasteiger partial charge in [0, 0.05) is 25.7 Å². The zero-order valence-electron chi connectivity index (χ0n) is 15.4. The van der Waals surface area contributed by atoms with Gasteiger partial charge in [0.25, 0.3) is 0 Å². The number of hydrogen-bond acceptors (Lipinski definition) is 4.